The highest BCUT2D eigenvalue weighted by Crippen LogP contribution is 2.34. The molecule has 7 nitrogen and oxygen atoms in total. The molecule has 0 saturated carbocycles. The quantitative estimate of drug-likeness (QED) is 0.665. The maximum atomic E-state index is 12.4. The van der Waals surface area contributed by atoms with Gasteiger partial charge in [-0.15, -0.1) is 11.3 Å². The molecule has 0 aliphatic carbocycles. The van der Waals surface area contributed by atoms with Gasteiger partial charge in [0, 0.05) is 29.3 Å². The van der Waals surface area contributed by atoms with Crippen LogP contribution in [0, 0.1) is 0 Å². The number of anilines is 1. The molecule has 0 aliphatic heterocycles. The number of amides is 1. The van der Waals surface area contributed by atoms with Crippen LogP contribution in [0.15, 0.2) is 41.9 Å². The number of hydrogen-bond donors (Lipinski definition) is 1. The van der Waals surface area contributed by atoms with Gasteiger partial charge in [0.15, 0.2) is 5.13 Å². The number of nitrogens with zero attached hydrogens (tertiary/aromatic N) is 2. The Morgan fingerprint density at radius 2 is 2.04 bits per heavy atom. The number of rotatable bonds is 7. The van der Waals surface area contributed by atoms with Gasteiger partial charge in [-0.2, -0.15) is 0 Å². The van der Waals surface area contributed by atoms with Crippen LogP contribution < -0.4 is 19.5 Å². The monoisotopic (exact) mass is 385 g/mol. The number of nitrogens with one attached hydrogen (secondary N) is 1. The first-order valence-corrected chi connectivity index (χ1v) is 9.10. The summed E-state index contributed by atoms with van der Waals surface area (Å²) in [4.78, 5) is 20.9. The van der Waals surface area contributed by atoms with Crippen molar-refractivity contribution in [1.29, 1.82) is 0 Å². The summed E-state index contributed by atoms with van der Waals surface area (Å²) in [5.74, 6) is 1.54. The summed E-state index contributed by atoms with van der Waals surface area (Å²) < 4.78 is 15.9. The Hall–Kier alpha value is -3.13. The van der Waals surface area contributed by atoms with E-state index in [0.29, 0.717) is 40.4 Å². The number of hydrogen-bond acceptors (Lipinski definition) is 7. The molecule has 2 aromatic heterocycles. The molecule has 0 bridgehead atoms. The van der Waals surface area contributed by atoms with E-state index < -0.39 is 0 Å². The topological polar surface area (TPSA) is 82.6 Å². The lowest BCUT2D eigenvalue weighted by atomic mass is 10.1. The highest BCUT2D eigenvalue weighted by Gasteiger charge is 2.14. The fourth-order valence-electron chi connectivity index (χ4n) is 2.38. The Bertz CT molecular complexity index is 925. The average molecular weight is 385 g/mol. The number of thiazole rings is 1. The van der Waals surface area contributed by atoms with E-state index >= 15 is 0 Å². The highest BCUT2D eigenvalue weighted by molar-refractivity contribution is 7.14. The molecular weight excluding hydrogens is 366 g/mol. The number of carbonyl (C=O) groups is 1. The van der Waals surface area contributed by atoms with Crippen LogP contribution in [0.1, 0.15) is 17.3 Å². The molecule has 0 unspecified atom stereocenters. The van der Waals surface area contributed by atoms with Crippen molar-refractivity contribution in [3.05, 3.63) is 47.5 Å². The first-order valence-electron chi connectivity index (χ1n) is 8.22. The summed E-state index contributed by atoms with van der Waals surface area (Å²) in [6, 6.07) is 8.82. The molecule has 3 aromatic rings. The molecule has 1 amide bonds. The first-order chi connectivity index (χ1) is 13.1. The predicted molar refractivity (Wildman–Crippen MR) is 104 cm³/mol. The third kappa shape index (κ3) is 4.35. The van der Waals surface area contributed by atoms with Gasteiger partial charge in [-0.05, 0) is 25.1 Å². The number of ether oxygens (including phenoxy) is 3. The lowest BCUT2D eigenvalue weighted by Gasteiger charge is -2.08. The standard InChI is InChI=1S/C19H19N3O4S/c1-4-26-17-8-5-12(10-20-17)18(23)22-19-21-15(11-27-19)14-7-6-13(24-2)9-16(14)25-3/h5-11H,4H2,1-3H3,(H,21,22,23). The van der Waals surface area contributed by atoms with E-state index in [2.05, 4.69) is 15.3 Å². The second-order valence-electron chi connectivity index (χ2n) is 5.38. The largest absolute Gasteiger partial charge is 0.497 e. The van der Waals surface area contributed by atoms with Crippen molar-refractivity contribution >= 4 is 22.4 Å². The van der Waals surface area contributed by atoms with Crippen molar-refractivity contribution in [3.8, 4) is 28.6 Å². The van der Waals surface area contributed by atoms with Gasteiger partial charge in [-0.25, -0.2) is 9.97 Å². The predicted octanol–water partition coefficient (Wildman–Crippen LogP) is 3.87. The van der Waals surface area contributed by atoms with Crippen molar-refractivity contribution in [2.75, 3.05) is 26.1 Å². The SMILES string of the molecule is CCOc1ccc(C(=O)Nc2nc(-c3ccc(OC)cc3OC)cs2)cn1. The minimum atomic E-state index is -0.284. The molecule has 1 aromatic carbocycles. The van der Waals surface area contributed by atoms with Crippen LogP contribution in [0.2, 0.25) is 0 Å². The zero-order chi connectivity index (χ0) is 19.2. The van der Waals surface area contributed by atoms with Crippen molar-refractivity contribution in [2.45, 2.75) is 6.92 Å². The maximum absolute atomic E-state index is 12.4. The summed E-state index contributed by atoms with van der Waals surface area (Å²) in [7, 11) is 3.19. The van der Waals surface area contributed by atoms with E-state index in [1.54, 1.807) is 32.4 Å². The number of aromatic nitrogens is 2. The summed E-state index contributed by atoms with van der Waals surface area (Å²) in [5.41, 5.74) is 1.95. The van der Waals surface area contributed by atoms with Gasteiger partial charge in [0.05, 0.1) is 32.1 Å². The number of pyridine rings is 1. The fraction of sp³-hybridized carbons (Fsp3) is 0.211. The molecule has 2 heterocycles. The molecule has 27 heavy (non-hydrogen) atoms. The summed E-state index contributed by atoms with van der Waals surface area (Å²) >= 11 is 1.33. The van der Waals surface area contributed by atoms with E-state index in [1.165, 1.54) is 17.5 Å². The van der Waals surface area contributed by atoms with E-state index in [1.807, 2.05) is 24.4 Å². The summed E-state index contributed by atoms with van der Waals surface area (Å²) in [5, 5.41) is 5.13. The minimum Gasteiger partial charge on any atom is -0.497 e. The molecule has 0 fully saturated rings. The third-order valence-electron chi connectivity index (χ3n) is 3.70. The van der Waals surface area contributed by atoms with Gasteiger partial charge in [-0.1, -0.05) is 0 Å². The third-order valence-corrected chi connectivity index (χ3v) is 4.46. The van der Waals surface area contributed by atoms with Crippen LogP contribution in [0.3, 0.4) is 0 Å². The van der Waals surface area contributed by atoms with Gasteiger partial charge in [0.1, 0.15) is 11.5 Å². The van der Waals surface area contributed by atoms with E-state index in [-0.39, 0.29) is 5.91 Å². The fourth-order valence-corrected chi connectivity index (χ4v) is 3.09. The Balaban J connectivity index is 1.75. The first kappa shape index (κ1) is 18.7. The van der Waals surface area contributed by atoms with Crippen molar-refractivity contribution in [1.82, 2.24) is 9.97 Å². The van der Waals surface area contributed by atoms with Crippen molar-refractivity contribution in [3.63, 3.8) is 0 Å². The maximum Gasteiger partial charge on any atom is 0.259 e. The molecule has 0 spiro atoms. The van der Waals surface area contributed by atoms with E-state index in [9.17, 15) is 4.79 Å². The highest BCUT2D eigenvalue weighted by atomic mass is 32.1. The second kappa shape index (κ2) is 8.50. The molecule has 0 radical (unpaired) electrons. The van der Waals surface area contributed by atoms with Gasteiger partial charge in [0.2, 0.25) is 5.88 Å². The lowest BCUT2D eigenvalue weighted by molar-refractivity contribution is 0.102. The van der Waals surface area contributed by atoms with Gasteiger partial charge < -0.3 is 14.2 Å². The van der Waals surface area contributed by atoms with Crippen molar-refractivity contribution in [2.24, 2.45) is 0 Å². The van der Waals surface area contributed by atoms with Crippen molar-refractivity contribution < 1.29 is 19.0 Å². The van der Waals surface area contributed by atoms with Gasteiger partial charge in [0.25, 0.3) is 5.91 Å². The molecular formula is C19H19N3O4S. The van der Waals surface area contributed by atoms with Crippen LogP contribution in [0.5, 0.6) is 17.4 Å². The Morgan fingerprint density at radius 1 is 1.19 bits per heavy atom. The number of methoxy groups -OCH3 is 2. The lowest BCUT2D eigenvalue weighted by Crippen LogP contribution is -2.12. The van der Waals surface area contributed by atoms with E-state index in [0.717, 1.165) is 5.56 Å². The molecule has 0 aliphatic rings. The van der Waals surface area contributed by atoms with Crippen LogP contribution >= 0.6 is 11.3 Å². The molecule has 8 heteroatoms. The Morgan fingerprint density at radius 3 is 2.70 bits per heavy atom. The molecule has 140 valence electrons. The molecule has 0 saturated heterocycles. The summed E-state index contributed by atoms with van der Waals surface area (Å²) in [6.07, 6.45) is 1.47. The van der Waals surface area contributed by atoms with Crippen LogP contribution in [-0.2, 0) is 0 Å². The van der Waals surface area contributed by atoms with Crippen LogP contribution in [0.25, 0.3) is 11.3 Å². The van der Waals surface area contributed by atoms with Gasteiger partial charge in [-0.3, -0.25) is 10.1 Å². The number of carbonyl (C=O) groups excluding carboxylic acids is 1. The van der Waals surface area contributed by atoms with E-state index in [4.69, 9.17) is 14.2 Å². The molecule has 3 rings (SSSR count). The minimum absolute atomic E-state index is 0.284. The Kier molecular flexibility index (Phi) is 5.87. The van der Waals surface area contributed by atoms with Gasteiger partial charge >= 0.3 is 0 Å². The number of benzene rings is 1. The normalized spacial score (nSPS) is 10.3. The summed E-state index contributed by atoms with van der Waals surface area (Å²) in [6.45, 7) is 2.40. The average Bonchev–Trinajstić information content (AvgIpc) is 3.16. The Labute approximate surface area is 161 Å². The molecule has 0 atom stereocenters. The zero-order valence-corrected chi connectivity index (χ0v) is 16.0. The zero-order valence-electron chi connectivity index (χ0n) is 15.2. The molecule has 1 N–H and O–H groups in total. The van der Waals surface area contributed by atoms with Crippen LogP contribution in [0.4, 0.5) is 5.13 Å². The second-order valence-corrected chi connectivity index (χ2v) is 6.23. The smallest absolute Gasteiger partial charge is 0.259 e. The van der Waals surface area contributed by atoms with Crippen LogP contribution in [-0.4, -0.2) is 36.7 Å².